The number of esters is 1. The number of benzene rings is 4. The van der Waals surface area contributed by atoms with Crippen LogP contribution in [-0.4, -0.2) is 43.0 Å². The van der Waals surface area contributed by atoms with Crippen molar-refractivity contribution in [2.45, 2.75) is 12.7 Å². The van der Waals surface area contributed by atoms with Crippen LogP contribution in [0, 0.1) is 11.3 Å². The second-order valence-corrected chi connectivity index (χ2v) is 10.1. The largest absolute Gasteiger partial charge is 0.421 e. The Kier molecular flexibility index (Phi) is 8.46. The number of carbonyl (C=O) groups excluding carboxylic acids is 2. The molecule has 5 rings (SSSR count). The number of alkyl halides is 3. The number of nitrogens with two attached hydrogens (primary N) is 1. The third-order valence-corrected chi connectivity index (χ3v) is 7.29. The number of anilines is 1. The molecule has 0 aromatic heterocycles. The Labute approximate surface area is 246 Å². The molecule has 0 unspecified atom stereocenters. The first kappa shape index (κ1) is 29.4. The predicted octanol–water partition coefficient (Wildman–Crippen LogP) is 5.88. The van der Waals surface area contributed by atoms with Crippen molar-refractivity contribution in [1.82, 2.24) is 4.90 Å². The molecule has 7 nitrogen and oxygen atoms in total. The summed E-state index contributed by atoms with van der Waals surface area (Å²) in [6.07, 6.45) is -4.48. The van der Waals surface area contributed by atoms with Crippen LogP contribution < -0.4 is 15.4 Å². The van der Waals surface area contributed by atoms with Crippen LogP contribution in [-0.2, 0) is 12.7 Å². The number of ether oxygens (including phenoxy) is 1. The lowest BCUT2D eigenvalue weighted by atomic mass is 9.98. The quantitative estimate of drug-likeness (QED) is 0.215. The van der Waals surface area contributed by atoms with Crippen LogP contribution in [0.15, 0.2) is 91.0 Å². The Morgan fingerprint density at radius 3 is 2.28 bits per heavy atom. The maximum absolute atomic E-state index is 13.5. The summed E-state index contributed by atoms with van der Waals surface area (Å²) in [6, 6.07) is 25.4. The third-order valence-electron chi connectivity index (χ3n) is 7.29. The number of rotatable bonds is 7. The summed E-state index contributed by atoms with van der Waals surface area (Å²) in [5.74, 6) is -1.26. The topological polar surface area (TPSA) is 99.7 Å². The highest BCUT2D eigenvalue weighted by Gasteiger charge is 2.30. The third kappa shape index (κ3) is 6.85. The van der Waals surface area contributed by atoms with Crippen LogP contribution in [0.2, 0.25) is 0 Å². The second-order valence-electron chi connectivity index (χ2n) is 10.1. The molecule has 1 saturated heterocycles. The number of nitriles is 1. The number of halogens is 3. The Morgan fingerprint density at radius 2 is 1.60 bits per heavy atom. The average molecular weight is 585 g/mol. The van der Waals surface area contributed by atoms with Gasteiger partial charge < -0.3 is 15.4 Å². The summed E-state index contributed by atoms with van der Waals surface area (Å²) >= 11 is 0. The van der Waals surface area contributed by atoms with Gasteiger partial charge in [0.2, 0.25) is 5.91 Å². The van der Waals surface area contributed by atoms with E-state index in [-0.39, 0.29) is 16.9 Å². The van der Waals surface area contributed by atoms with E-state index in [2.05, 4.69) is 15.9 Å². The van der Waals surface area contributed by atoms with Crippen molar-refractivity contribution >= 4 is 17.6 Å². The summed E-state index contributed by atoms with van der Waals surface area (Å²) in [4.78, 5) is 29.8. The maximum atomic E-state index is 13.5. The van der Waals surface area contributed by atoms with Gasteiger partial charge in [0.15, 0.2) is 5.75 Å². The molecule has 10 heteroatoms. The minimum absolute atomic E-state index is 0.152. The molecule has 0 bridgehead atoms. The zero-order valence-electron chi connectivity index (χ0n) is 23.0. The number of hydrogen-bond donors (Lipinski definition) is 1. The number of carbonyl (C=O) groups is 2. The standard InChI is InChI=1S/C33H27F3N4O3/c34-33(35,36)26-11-8-24(9-12-26)27-6-1-2-7-28(27)32(42)43-30-19-25(31(38)41)10-13-29(30)40-16-14-39(15-17-40)21-23-5-3-4-22(18-23)20-37/h1-13,18-19H,14-17,21H2,(H2,38,41). The van der Waals surface area contributed by atoms with E-state index >= 15 is 0 Å². The molecule has 43 heavy (non-hydrogen) atoms. The molecule has 1 aliphatic rings. The molecule has 1 aliphatic heterocycles. The molecule has 4 aromatic carbocycles. The molecule has 1 fully saturated rings. The van der Waals surface area contributed by atoms with Gasteiger partial charge in [0.05, 0.1) is 28.4 Å². The molecule has 0 aliphatic carbocycles. The summed E-state index contributed by atoms with van der Waals surface area (Å²) in [5.41, 5.74) is 8.12. The Hall–Kier alpha value is -5.14. The Bertz CT molecular complexity index is 1690. The SMILES string of the molecule is N#Cc1cccc(CN2CCN(c3ccc(C(N)=O)cc3OC(=O)c3ccccc3-c3ccc(C(F)(F)F)cc3)CC2)c1. The summed E-state index contributed by atoms with van der Waals surface area (Å²) in [6.45, 7) is 3.32. The summed E-state index contributed by atoms with van der Waals surface area (Å²) in [5, 5.41) is 9.18. The molecule has 218 valence electrons. The number of piperazine rings is 1. The van der Waals surface area contributed by atoms with Crippen LogP contribution in [0.3, 0.4) is 0 Å². The van der Waals surface area contributed by atoms with Crippen LogP contribution in [0.5, 0.6) is 5.75 Å². The molecule has 4 aromatic rings. The van der Waals surface area contributed by atoms with Crippen LogP contribution >= 0.6 is 0 Å². The van der Waals surface area contributed by atoms with Crippen molar-refractivity contribution in [2.24, 2.45) is 5.73 Å². The van der Waals surface area contributed by atoms with Gasteiger partial charge in [-0.3, -0.25) is 9.69 Å². The van der Waals surface area contributed by atoms with Gasteiger partial charge in [0, 0.05) is 38.3 Å². The minimum Gasteiger partial charge on any atom is -0.421 e. The molecule has 1 heterocycles. The van der Waals surface area contributed by atoms with Crippen molar-refractivity contribution in [3.8, 4) is 22.9 Å². The Balaban J connectivity index is 1.36. The van der Waals surface area contributed by atoms with Crippen molar-refractivity contribution in [3.63, 3.8) is 0 Å². The summed E-state index contributed by atoms with van der Waals surface area (Å²) in [7, 11) is 0. The van der Waals surface area contributed by atoms with Crippen LogP contribution in [0.25, 0.3) is 11.1 Å². The molecule has 2 N–H and O–H groups in total. The van der Waals surface area contributed by atoms with Crippen molar-refractivity contribution in [3.05, 3.63) is 119 Å². The molecule has 0 atom stereocenters. The van der Waals surface area contributed by atoms with Gasteiger partial charge in [-0.25, -0.2) is 4.79 Å². The van der Waals surface area contributed by atoms with Crippen LogP contribution in [0.1, 0.15) is 37.4 Å². The lowest BCUT2D eigenvalue weighted by molar-refractivity contribution is -0.137. The zero-order chi connectivity index (χ0) is 30.6. The average Bonchev–Trinajstić information content (AvgIpc) is 3.01. The van der Waals surface area contributed by atoms with Gasteiger partial charge in [-0.1, -0.05) is 42.5 Å². The van der Waals surface area contributed by atoms with Crippen molar-refractivity contribution < 1.29 is 27.5 Å². The molecular formula is C33H27F3N4O3. The van der Waals surface area contributed by atoms with E-state index in [4.69, 9.17) is 10.5 Å². The fourth-order valence-corrected chi connectivity index (χ4v) is 5.06. The fraction of sp³-hybridized carbons (Fsp3) is 0.182. The highest BCUT2D eigenvalue weighted by Crippen LogP contribution is 2.34. The first-order chi connectivity index (χ1) is 20.6. The minimum atomic E-state index is -4.48. The predicted molar refractivity (Wildman–Crippen MR) is 155 cm³/mol. The van der Waals surface area contributed by atoms with Gasteiger partial charge >= 0.3 is 12.1 Å². The number of nitrogens with zero attached hydrogens (tertiary/aromatic N) is 3. The van der Waals surface area contributed by atoms with E-state index in [9.17, 15) is 28.0 Å². The molecule has 1 amide bonds. The smallest absolute Gasteiger partial charge is 0.416 e. The molecule has 0 saturated carbocycles. The molecule has 0 spiro atoms. The summed E-state index contributed by atoms with van der Waals surface area (Å²) < 4.78 is 45.1. The monoisotopic (exact) mass is 584 g/mol. The highest BCUT2D eigenvalue weighted by molar-refractivity contribution is 5.99. The first-order valence-electron chi connectivity index (χ1n) is 13.5. The second kappa shape index (κ2) is 12.4. The van der Waals surface area contributed by atoms with E-state index < -0.39 is 23.6 Å². The normalized spacial score (nSPS) is 13.8. The number of primary amides is 1. The first-order valence-corrected chi connectivity index (χ1v) is 13.5. The van der Waals surface area contributed by atoms with Gasteiger partial charge in [-0.2, -0.15) is 18.4 Å². The van der Waals surface area contributed by atoms with E-state index in [0.717, 1.165) is 17.7 Å². The van der Waals surface area contributed by atoms with E-state index in [1.807, 2.05) is 18.2 Å². The van der Waals surface area contributed by atoms with Crippen LogP contribution in [0.4, 0.5) is 18.9 Å². The van der Waals surface area contributed by atoms with E-state index in [1.165, 1.54) is 24.3 Å². The van der Waals surface area contributed by atoms with Gasteiger partial charge in [0.25, 0.3) is 0 Å². The molecule has 0 radical (unpaired) electrons. The zero-order valence-corrected chi connectivity index (χ0v) is 23.0. The highest BCUT2D eigenvalue weighted by atomic mass is 19.4. The fourth-order valence-electron chi connectivity index (χ4n) is 5.06. The van der Waals surface area contributed by atoms with Crippen molar-refractivity contribution in [1.29, 1.82) is 5.26 Å². The molecular weight excluding hydrogens is 557 g/mol. The lowest BCUT2D eigenvalue weighted by Gasteiger charge is -2.36. The van der Waals surface area contributed by atoms with Crippen molar-refractivity contribution in [2.75, 3.05) is 31.1 Å². The van der Waals surface area contributed by atoms with E-state index in [0.29, 0.717) is 55.1 Å². The number of hydrogen-bond acceptors (Lipinski definition) is 6. The van der Waals surface area contributed by atoms with E-state index in [1.54, 1.807) is 36.4 Å². The van der Waals surface area contributed by atoms with Gasteiger partial charge in [-0.05, 0) is 65.2 Å². The number of amides is 1. The Morgan fingerprint density at radius 1 is 0.884 bits per heavy atom. The van der Waals surface area contributed by atoms with Gasteiger partial charge in [-0.15, -0.1) is 0 Å². The lowest BCUT2D eigenvalue weighted by Crippen LogP contribution is -2.46. The maximum Gasteiger partial charge on any atom is 0.416 e. The van der Waals surface area contributed by atoms with Gasteiger partial charge in [0.1, 0.15) is 0 Å².